The molecule has 2 rings (SSSR count). The minimum absolute atomic E-state index is 0.0283. The molecular formula is C9H11NO2. The summed E-state index contributed by atoms with van der Waals surface area (Å²) in [5, 5.41) is 0. The minimum atomic E-state index is -0.0283. The average molecular weight is 165 g/mol. The lowest BCUT2D eigenvalue weighted by atomic mass is 10.0. The Bertz CT molecular complexity index is 312. The van der Waals surface area contributed by atoms with E-state index in [1.54, 1.807) is 6.07 Å². The van der Waals surface area contributed by atoms with Gasteiger partial charge in [0.05, 0.1) is 6.61 Å². The van der Waals surface area contributed by atoms with E-state index in [9.17, 15) is 4.79 Å². The highest BCUT2D eigenvalue weighted by molar-refractivity contribution is 5.10. The van der Waals surface area contributed by atoms with Crippen LogP contribution in [-0.4, -0.2) is 18.2 Å². The molecule has 1 unspecified atom stereocenters. The molecule has 0 radical (unpaired) electrons. The standard InChI is InChI=1S/C9H11NO2/c11-9-3-1-2-8(10-9)7-4-5-12-6-7/h1-3,7H,4-6H2,(H,10,11). The van der Waals surface area contributed by atoms with Gasteiger partial charge >= 0.3 is 0 Å². The second-order valence-corrected chi connectivity index (χ2v) is 3.03. The van der Waals surface area contributed by atoms with Crippen molar-refractivity contribution in [3.63, 3.8) is 0 Å². The number of hydrogen-bond donors (Lipinski definition) is 1. The smallest absolute Gasteiger partial charge is 0.248 e. The van der Waals surface area contributed by atoms with E-state index in [1.807, 2.05) is 6.07 Å². The molecule has 3 nitrogen and oxygen atoms in total. The summed E-state index contributed by atoms with van der Waals surface area (Å²) < 4.78 is 5.23. The highest BCUT2D eigenvalue weighted by Gasteiger charge is 2.17. The van der Waals surface area contributed by atoms with Crippen LogP contribution in [0.5, 0.6) is 0 Å². The number of aromatic amines is 1. The largest absolute Gasteiger partial charge is 0.381 e. The minimum Gasteiger partial charge on any atom is -0.381 e. The first-order valence-electron chi connectivity index (χ1n) is 4.13. The maximum Gasteiger partial charge on any atom is 0.248 e. The fourth-order valence-electron chi connectivity index (χ4n) is 1.48. The third-order valence-electron chi connectivity index (χ3n) is 2.16. The Morgan fingerprint density at radius 2 is 2.42 bits per heavy atom. The molecule has 1 aromatic heterocycles. The van der Waals surface area contributed by atoms with Gasteiger partial charge in [-0.15, -0.1) is 0 Å². The van der Waals surface area contributed by atoms with Gasteiger partial charge in [-0.1, -0.05) is 6.07 Å². The van der Waals surface area contributed by atoms with E-state index in [-0.39, 0.29) is 5.56 Å². The van der Waals surface area contributed by atoms with Gasteiger partial charge in [0.1, 0.15) is 0 Å². The molecule has 0 bridgehead atoms. The van der Waals surface area contributed by atoms with E-state index in [2.05, 4.69) is 4.98 Å². The van der Waals surface area contributed by atoms with Gasteiger partial charge in [0, 0.05) is 24.3 Å². The van der Waals surface area contributed by atoms with Crippen LogP contribution < -0.4 is 5.56 Å². The van der Waals surface area contributed by atoms with Gasteiger partial charge in [-0.25, -0.2) is 0 Å². The zero-order valence-corrected chi connectivity index (χ0v) is 6.75. The number of rotatable bonds is 1. The monoisotopic (exact) mass is 165 g/mol. The summed E-state index contributed by atoms with van der Waals surface area (Å²) in [7, 11) is 0. The maximum absolute atomic E-state index is 11.0. The summed E-state index contributed by atoms with van der Waals surface area (Å²) in [4.78, 5) is 13.8. The van der Waals surface area contributed by atoms with Crippen molar-refractivity contribution < 1.29 is 4.74 Å². The molecule has 0 amide bonds. The first kappa shape index (κ1) is 7.55. The number of aromatic nitrogens is 1. The van der Waals surface area contributed by atoms with E-state index in [0.717, 1.165) is 25.3 Å². The molecule has 0 saturated carbocycles. The van der Waals surface area contributed by atoms with Gasteiger partial charge in [-0.05, 0) is 12.5 Å². The van der Waals surface area contributed by atoms with Crippen LogP contribution in [0.1, 0.15) is 18.0 Å². The normalized spacial score (nSPS) is 22.8. The van der Waals surface area contributed by atoms with E-state index in [4.69, 9.17) is 4.74 Å². The van der Waals surface area contributed by atoms with Gasteiger partial charge in [-0.3, -0.25) is 4.79 Å². The van der Waals surface area contributed by atoms with Crippen molar-refractivity contribution in [2.75, 3.05) is 13.2 Å². The molecule has 12 heavy (non-hydrogen) atoms. The predicted octanol–water partition coefficient (Wildman–Crippen LogP) is 0.879. The summed E-state index contributed by atoms with van der Waals surface area (Å²) in [6.07, 6.45) is 1.01. The SMILES string of the molecule is O=c1cccc(C2CCOC2)[nH]1. The molecule has 1 atom stereocenters. The molecule has 1 aliphatic rings. The topological polar surface area (TPSA) is 42.1 Å². The first-order chi connectivity index (χ1) is 5.86. The molecular weight excluding hydrogens is 154 g/mol. The highest BCUT2D eigenvalue weighted by Crippen LogP contribution is 2.21. The quantitative estimate of drug-likeness (QED) is 0.671. The van der Waals surface area contributed by atoms with Crippen LogP contribution in [0.4, 0.5) is 0 Å². The van der Waals surface area contributed by atoms with Crippen molar-refractivity contribution in [2.45, 2.75) is 12.3 Å². The van der Waals surface area contributed by atoms with Crippen molar-refractivity contribution in [3.8, 4) is 0 Å². The average Bonchev–Trinajstić information content (AvgIpc) is 2.56. The Balaban J connectivity index is 2.27. The van der Waals surface area contributed by atoms with Gasteiger partial charge in [0.15, 0.2) is 0 Å². The van der Waals surface area contributed by atoms with Gasteiger partial charge < -0.3 is 9.72 Å². The van der Waals surface area contributed by atoms with Crippen molar-refractivity contribution in [1.82, 2.24) is 4.98 Å². The molecule has 1 N–H and O–H groups in total. The number of hydrogen-bond acceptors (Lipinski definition) is 2. The molecule has 1 fully saturated rings. The molecule has 0 aromatic carbocycles. The second kappa shape index (κ2) is 3.11. The Hall–Kier alpha value is -1.09. The van der Waals surface area contributed by atoms with E-state index in [0.29, 0.717) is 5.92 Å². The zero-order chi connectivity index (χ0) is 8.39. The third-order valence-corrected chi connectivity index (χ3v) is 2.16. The summed E-state index contributed by atoms with van der Waals surface area (Å²) in [6.45, 7) is 1.54. The van der Waals surface area contributed by atoms with Crippen LogP contribution >= 0.6 is 0 Å². The van der Waals surface area contributed by atoms with Gasteiger partial charge in [0.2, 0.25) is 5.56 Å². The number of nitrogens with one attached hydrogen (secondary N) is 1. The van der Waals surface area contributed by atoms with E-state index in [1.165, 1.54) is 6.07 Å². The van der Waals surface area contributed by atoms with Crippen molar-refractivity contribution in [2.24, 2.45) is 0 Å². The van der Waals surface area contributed by atoms with Crippen LogP contribution in [0.25, 0.3) is 0 Å². The lowest BCUT2D eigenvalue weighted by molar-refractivity contribution is 0.193. The Morgan fingerprint density at radius 3 is 3.08 bits per heavy atom. The summed E-state index contributed by atoms with van der Waals surface area (Å²) in [5.74, 6) is 0.388. The van der Waals surface area contributed by atoms with Crippen molar-refractivity contribution >= 4 is 0 Å². The lowest BCUT2D eigenvalue weighted by Gasteiger charge is -2.05. The Kier molecular flexibility index (Phi) is 1.96. The molecule has 1 aliphatic heterocycles. The molecule has 1 saturated heterocycles. The highest BCUT2D eigenvalue weighted by atomic mass is 16.5. The lowest BCUT2D eigenvalue weighted by Crippen LogP contribution is -2.10. The Morgan fingerprint density at radius 1 is 1.50 bits per heavy atom. The predicted molar refractivity (Wildman–Crippen MR) is 45.2 cm³/mol. The molecule has 0 aliphatic carbocycles. The molecule has 1 aromatic rings. The summed E-state index contributed by atoms with van der Waals surface area (Å²) in [5.41, 5.74) is 0.972. The zero-order valence-electron chi connectivity index (χ0n) is 6.75. The summed E-state index contributed by atoms with van der Waals surface area (Å²) in [6, 6.07) is 5.26. The third kappa shape index (κ3) is 1.41. The van der Waals surface area contributed by atoms with Crippen LogP contribution in [-0.2, 0) is 4.74 Å². The maximum atomic E-state index is 11.0. The number of ether oxygens (including phenoxy) is 1. The molecule has 64 valence electrons. The molecule has 0 spiro atoms. The second-order valence-electron chi connectivity index (χ2n) is 3.03. The van der Waals surface area contributed by atoms with Crippen LogP contribution in [0, 0.1) is 0 Å². The fraction of sp³-hybridized carbons (Fsp3) is 0.444. The summed E-state index contributed by atoms with van der Waals surface area (Å²) >= 11 is 0. The van der Waals surface area contributed by atoms with Gasteiger partial charge in [0.25, 0.3) is 0 Å². The Labute approximate surface area is 70.4 Å². The molecule has 2 heterocycles. The first-order valence-corrected chi connectivity index (χ1v) is 4.13. The van der Waals surface area contributed by atoms with Crippen LogP contribution in [0.2, 0.25) is 0 Å². The van der Waals surface area contributed by atoms with Gasteiger partial charge in [-0.2, -0.15) is 0 Å². The van der Waals surface area contributed by atoms with E-state index < -0.39 is 0 Å². The number of pyridine rings is 1. The number of H-pyrrole nitrogens is 1. The molecule has 3 heteroatoms. The van der Waals surface area contributed by atoms with E-state index >= 15 is 0 Å². The van der Waals surface area contributed by atoms with Crippen molar-refractivity contribution in [3.05, 3.63) is 34.2 Å². The fourth-order valence-corrected chi connectivity index (χ4v) is 1.48. The van der Waals surface area contributed by atoms with Crippen LogP contribution in [0.3, 0.4) is 0 Å². The van der Waals surface area contributed by atoms with Crippen molar-refractivity contribution in [1.29, 1.82) is 0 Å². The van der Waals surface area contributed by atoms with Crippen LogP contribution in [0.15, 0.2) is 23.0 Å².